The Labute approximate surface area is 327 Å². The molecule has 3 nitrogen and oxygen atoms in total. The molecule has 13 rings (SSSR count). The van der Waals surface area contributed by atoms with Crippen molar-refractivity contribution in [3.05, 3.63) is 200 Å². The second kappa shape index (κ2) is 11.5. The Hall–Kier alpha value is -7.62. The maximum Gasteiger partial charge on any atom is 0.0620 e. The first-order valence-electron chi connectivity index (χ1n) is 19.7. The molecule has 57 heavy (non-hydrogen) atoms. The molecule has 0 radical (unpaired) electrons. The van der Waals surface area contributed by atoms with Gasteiger partial charge in [-0.2, -0.15) is 0 Å². The molecule has 264 valence electrons. The Morgan fingerprint density at radius 2 is 0.667 bits per heavy atom. The van der Waals surface area contributed by atoms with Crippen molar-refractivity contribution in [3.8, 4) is 33.6 Å². The Balaban J connectivity index is 0.998. The molecule has 9 aromatic carbocycles. The number of benzene rings is 9. The van der Waals surface area contributed by atoms with Crippen LogP contribution in [0.4, 0.5) is 0 Å². The van der Waals surface area contributed by atoms with Gasteiger partial charge in [0, 0.05) is 54.5 Å². The van der Waals surface area contributed by atoms with Crippen LogP contribution in [-0.2, 0) is 0 Å². The normalized spacial score (nSPS) is 12.2. The first-order chi connectivity index (χ1) is 28.3. The summed E-state index contributed by atoms with van der Waals surface area (Å²) in [4.78, 5) is 0. The van der Waals surface area contributed by atoms with Crippen molar-refractivity contribution in [1.29, 1.82) is 0 Å². The molecule has 0 unspecified atom stereocenters. The summed E-state index contributed by atoms with van der Waals surface area (Å²) in [5, 5.41) is 10.3. The monoisotopic (exact) mass is 723 g/mol. The highest BCUT2D eigenvalue weighted by molar-refractivity contribution is 6.29. The van der Waals surface area contributed by atoms with Crippen LogP contribution >= 0.6 is 0 Å². The summed E-state index contributed by atoms with van der Waals surface area (Å²) >= 11 is 0. The van der Waals surface area contributed by atoms with Crippen LogP contribution in [0, 0.1) is 0 Å². The summed E-state index contributed by atoms with van der Waals surface area (Å²) in [7, 11) is 0. The minimum absolute atomic E-state index is 1.15. The van der Waals surface area contributed by atoms with Crippen molar-refractivity contribution < 1.29 is 0 Å². The number of para-hydroxylation sites is 4. The molecule has 0 aliphatic carbocycles. The van der Waals surface area contributed by atoms with Crippen molar-refractivity contribution >= 4 is 81.7 Å². The third-order valence-corrected chi connectivity index (χ3v) is 12.4. The second-order valence-corrected chi connectivity index (χ2v) is 15.3. The molecule has 0 bridgehead atoms. The van der Waals surface area contributed by atoms with Crippen LogP contribution < -0.4 is 0 Å². The van der Waals surface area contributed by atoms with Gasteiger partial charge in [-0.05, 0) is 82.9 Å². The zero-order valence-electron chi connectivity index (χ0n) is 30.9. The molecule has 0 N–H and O–H groups in total. The van der Waals surface area contributed by atoms with Gasteiger partial charge in [0.1, 0.15) is 0 Å². The lowest BCUT2D eigenvalue weighted by molar-refractivity contribution is 1.17. The maximum atomic E-state index is 2.47. The van der Waals surface area contributed by atoms with Crippen LogP contribution in [0.3, 0.4) is 0 Å². The Morgan fingerprint density at radius 3 is 1.30 bits per heavy atom. The minimum Gasteiger partial charge on any atom is -0.309 e. The van der Waals surface area contributed by atoms with E-state index in [1.807, 2.05) is 0 Å². The molecule has 0 spiro atoms. The fraction of sp³-hybridized carbons (Fsp3) is 0. The van der Waals surface area contributed by atoms with Crippen LogP contribution in [0.1, 0.15) is 0 Å². The average Bonchev–Trinajstić information content (AvgIpc) is 4.01. The molecule has 0 saturated heterocycles. The lowest BCUT2D eigenvalue weighted by Crippen LogP contribution is -1.95. The molecular formula is C54H33N3. The van der Waals surface area contributed by atoms with E-state index >= 15 is 0 Å². The van der Waals surface area contributed by atoms with E-state index in [1.54, 1.807) is 0 Å². The topological polar surface area (TPSA) is 14.3 Å². The summed E-state index contributed by atoms with van der Waals surface area (Å²) in [5.41, 5.74) is 15.8. The number of rotatable bonds is 4. The summed E-state index contributed by atoms with van der Waals surface area (Å²) in [5.74, 6) is 0. The fourth-order valence-electron chi connectivity index (χ4n) is 9.92. The predicted molar refractivity (Wildman–Crippen MR) is 241 cm³/mol. The molecule has 0 aliphatic rings. The molecule has 13 aromatic rings. The van der Waals surface area contributed by atoms with Crippen molar-refractivity contribution in [2.45, 2.75) is 0 Å². The van der Waals surface area contributed by atoms with Crippen molar-refractivity contribution in [1.82, 2.24) is 13.5 Å². The third kappa shape index (κ3) is 4.20. The minimum atomic E-state index is 1.15. The van der Waals surface area contributed by atoms with Gasteiger partial charge in [-0.25, -0.2) is 0 Å². The zero-order chi connectivity index (χ0) is 37.2. The first kappa shape index (κ1) is 30.7. The summed E-state index contributed by atoms with van der Waals surface area (Å²) in [6.45, 7) is 0. The number of nitrogens with zero attached hydrogens (tertiary/aromatic N) is 3. The predicted octanol–water partition coefficient (Wildman–Crippen LogP) is 14.4. The van der Waals surface area contributed by atoms with Gasteiger partial charge in [0.05, 0.1) is 38.6 Å². The van der Waals surface area contributed by atoms with Gasteiger partial charge in [0.25, 0.3) is 0 Å². The fourth-order valence-corrected chi connectivity index (χ4v) is 9.92. The maximum absolute atomic E-state index is 2.47. The largest absolute Gasteiger partial charge is 0.309 e. The SMILES string of the molecule is c1ccc(-c2ccc(-c3ccc(-n4c5ccccc5c5c6c7ccccc7n(-c7ccc8c(c7)c7cccc9c%10ccccc%10n8c97)c6ccc54)cc3)cc2)cc1. The molecule has 0 aliphatic heterocycles. The lowest BCUT2D eigenvalue weighted by atomic mass is 10.0. The molecule has 0 saturated carbocycles. The van der Waals surface area contributed by atoms with Crippen LogP contribution in [0.2, 0.25) is 0 Å². The molecule has 0 atom stereocenters. The highest BCUT2D eigenvalue weighted by atomic mass is 15.0. The molecule has 3 heteroatoms. The summed E-state index contributed by atoms with van der Waals surface area (Å²) in [6, 6.07) is 73.5. The molecule has 4 heterocycles. The Bertz CT molecular complexity index is 3710. The van der Waals surface area contributed by atoms with Crippen LogP contribution in [0.5, 0.6) is 0 Å². The van der Waals surface area contributed by atoms with E-state index in [2.05, 4.69) is 214 Å². The molecular weight excluding hydrogens is 691 g/mol. The van der Waals surface area contributed by atoms with E-state index in [0.717, 1.165) is 5.69 Å². The van der Waals surface area contributed by atoms with E-state index in [-0.39, 0.29) is 0 Å². The van der Waals surface area contributed by atoms with Gasteiger partial charge in [-0.15, -0.1) is 0 Å². The molecule has 0 amide bonds. The van der Waals surface area contributed by atoms with E-state index in [0.29, 0.717) is 0 Å². The van der Waals surface area contributed by atoms with E-state index in [1.165, 1.54) is 110 Å². The van der Waals surface area contributed by atoms with Gasteiger partial charge >= 0.3 is 0 Å². The van der Waals surface area contributed by atoms with E-state index < -0.39 is 0 Å². The van der Waals surface area contributed by atoms with Crippen LogP contribution in [0.15, 0.2) is 200 Å². The van der Waals surface area contributed by atoms with Crippen LogP contribution in [0.25, 0.3) is 115 Å². The smallest absolute Gasteiger partial charge is 0.0620 e. The van der Waals surface area contributed by atoms with Gasteiger partial charge in [-0.3, -0.25) is 0 Å². The van der Waals surface area contributed by atoms with Gasteiger partial charge in [-0.1, -0.05) is 140 Å². The van der Waals surface area contributed by atoms with Crippen molar-refractivity contribution in [2.75, 3.05) is 0 Å². The quantitative estimate of drug-likeness (QED) is 0.172. The first-order valence-corrected chi connectivity index (χ1v) is 19.7. The van der Waals surface area contributed by atoms with Crippen molar-refractivity contribution in [3.63, 3.8) is 0 Å². The second-order valence-electron chi connectivity index (χ2n) is 15.3. The third-order valence-electron chi connectivity index (χ3n) is 12.4. The van der Waals surface area contributed by atoms with Gasteiger partial charge < -0.3 is 13.5 Å². The van der Waals surface area contributed by atoms with Crippen molar-refractivity contribution in [2.24, 2.45) is 0 Å². The van der Waals surface area contributed by atoms with Crippen LogP contribution in [-0.4, -0.2) is 13.5 Å². The number of hydrogen-bond donors (Lipinski definition) is 0. The average molecular weight is 724 g/mol. The van der Waals surface area contributed by atoms with Gasteiger partial charge in [0.15, 0.2) is 0 Å². The van der Waals surface area contributed by atoms with E-state index in [4.69, 9.17) is 0 Å². The number of fused-ring (bicyclic) bond motifs is 13. The number of hydrogen-bond acceptors (Lipinski definition) is 0. The highest BCUT2D eigenvalue weighted by Crippen LogP contribution is 2.44. The highest BCUT2D eigenvalue weighted by Gasteiger charge is 2.22. The van der Waals surface area contributed by atoms with E-state index in [9.17, 15) is 0 Å². The molecule has 0 fully saturated rings. The Morgan fingerprint density at radius 1 is 0.246 bits per heavy atom. The summed E-state index contributed by atoms with van der Waals surface area (Å²) in [6.07, 6.45) is 0. The summed E-state index contributed by atoms with van der Waals surface area (Å²) < 4.78 is 7.37. The lowest BCUT2D eigenvalue weighted by Gasteiger charge is -2.11. The standard InChI is InChI=1S/C54H33N3/c1-2-11-34(12-3-1)35-21-23-36(24-22-35)37-25-27-38(28-26-37)55-47-19-8-5-14-43(47)52-50(55)31-32-51-53(52)44-15-6-9-20-48(44)56(51)39-29-30-49-45(33-39)42-17-10-16-41-40-13-4-7-18-46(40)57(49)54(41)42/h1-33H. The zero-order valence-corrected chi connectivity index (χ0v) is 30.9. The Kier molecular flexibility index (Phi) is 6.16. The number of aromatic nitrogens is 3. The molecule has 4 aromatic heterocycles. The van der Waals surface area contributed by atoms with Gasteiger partial charge in [0.2, 0.25) is 0 Å².